The fraction of sp³-hybridized carbons (Fsp3) is 0.562. The molecule has 7 heteroatoms. The van der Waals surface area contributed by atoms with Crippen LogP contribution in [0.3, 0.4) is 0 Å². The number of hydrogen-bond acceptors (Lipinski definition) is 4. The molecule has 1 aromatic rings. The molecule has 0 aromatic heterocycles. The maximum absolute atomic E-state index is 12.8. The van der Waals surface area contributed by atoms with Gasteiger partial charge < -0.3 is 5.32 Å². The van der Waals surface area contributed by atoms with Gasteiger partial charge in [0, 0.05) is 6.54 Å². The molecule has 0 aliphatic carbocycles. The molecule has 2 rings (SSSR count). The smallest absolute Gasteiger partial charge is 0.234 e. The molecular weight excluding hydrogens is 319 g/mol. The Hall–Kier alpha value is -1.47. The zero-order valence-corrected chi connectivity index (χ0v) is 13.9. The normalized spacial score (nSPS) is 16.7. The quantitative estimate of drug-likeness (QED) is 0.798. The van der Waals surface area contributed by atoms with E-state index in [9.17, 15) is 17.6 Å². The molecule has 1 aliphatic rings. The lowest BCUT2D eigenvalue weighted by atomic mass is 10.2. The predicted molar refractivity (Wildman–Crippen MR) is 86.4 cm³/mol. The van der Waals surface area contributed by atoms with E-state index in [2.05, 4.69) is 10.2 Å². The van der Waals surface area contributed by atoms with Crippen molar-refractivity contribution in [3.8, 4) is 0 Å². The average molecular weight is 342 g/mol. The van der Waals surface area contributed by atoms with Gasteiger partial charge in [-0.15, -0.1) is 0 Å². The van der Waals surface area contributed by atoms with Crippen molar-refractivity contribution in [3.05, 3.63) is 30.1 Å². The second-order valence-electron chi connectivity index (χ2n) is 5.81. The van der Waals surface area contributed by atoms with Crippen molar-refractivity contribution in [2.75, 3.05) is 31.9 Å². The minimum Gasteiger partial charge on any atom is -0.354 e. The third kappa shape index (κ3) is 5.91. The molecule has 1 N–H and O–H groups in total. The monoisotopic (exact) mass is 342 g/mol. The maximum Gasteiger partial charge on any atom is 0.234 e. The number of nitrogens with one attached hydrogen (secondary N) is 1. The minimum absolute atomic E-state index is 0.0619. The number of halogens is 1. The van der Waals surface area contributed by atoms with Crippen molar-refractivity contribution in [2.45, 2.75) is 30.6 Å². The van der Waals surface area contributed by atoms with Crippen molar-refractivity contribution >= 4 is 15.7 Å². The van der Waals surface area contributed by atoms with Crippen LogP contribution >= 0.6 is 0 Å². The largest absolute Gasteiger partial charge is 0.354 e. The molecule has 128 valence electrons. The highest BCUT2D eigenvalue weighted by Crippen LogP contribution is 2.11. The lowest BCUT2D eigenvalue weighted by molar-refractivity contribution is -0.122. The van der Waals surface area contributed by atoms with Gasteiger partial charge in [-0.2, -0.15) is 0 Å². The number of benzene rings is 1. The van der Waals surface area contributed by atoms with E-state index in [0.29, 0.717) is 6.54 Å². The molecule has 1 saturated heterocycles. The van der Waals surface area contributed by atoms with Gasteiger partial charge >= 0.3 is 0 Å². The molecule has 1 fully saturated rings. The van der Waals surface area contributed by atoms with Crippen LogP contribution in [0.25, 0.3) is 0 Å². The second kappa shape index (κ2) is 8.40. The van der Waals surface area contributed by atoms with E-state index in [1.165, 1.54) is 25.0 Å². The van der Waals surface area contributed by atoms with Crippen molar-refractivity contribution in [1.29, 1.82) is 0 Å². The van der Waals surface area contributed by atoms with E-state index >= 15 is 0 Å². The summed E-state index contributed by atoms with van der Waals surface area (Å²) in [6.07, 6.45) is 4.61. The Morgan fingerprint density at radius 3 is 2.30 bits per heavy atom. The van der Waals surface area contributed by atoms with Gasteiger partial charge in [-0.25, -0.2) is 12.8 Å². The lowest BCUT2D eigenvalue weighted by Crippen LogP contribution is -2.39. The van der Waals surface area contributed by atoms with Gasteiger partial charge in [0.05, 0.1) is 17.2 Å². The third-order valence-electron chi connectivity index (χ3n) is 3.93. The van der Waals surface area contributed by atoms with Crippen LogP contribution in [0.15, 0.2) is 29.2 Å². The standard InChI is InChI=1S/C16H23FN2O3S/c17-14-5-7-15(8-6-14)23(21,22)12-9-18-16(20)13-19-10-3-1-2-4-11-19/h5-8H,1-4,9-13H2,(H,18,20). The van der Waals surface area contributed by atoms with Gasteiger partial charge in [-0.05, 0) is 50.2 Å². The Morgan fingerprint density at radius 1 is 1.09 bits per heavy atom. The average Bonchev–Trinajstić information content (AvgIpc) is 2.76. The molecule has 23 heavy (non-hydrogen) atoms. The minimum atomic E-state index is -3.51. The highest BCUT2D eigenvalue weighted by atomic mass is 32.2. The number of carbonyl (C=O) groups is 1. The number of hydrogen-bond donors (Lipinski definition) is 1. The Bertz CT molecular complexity index is 609. The zero-order valence-electron chi connectivity index (χ0n) is 13.1. The summed E-state index contributed by atoms with van der Waals surface area (Å²) in [6.45, 7) is 2.21. The molecule has 0 unspecified atom stereocenters. The predicted octanol–water partition coefficient (Wildman–Crippen LogP) is 1.59. The van der Waals surface area contributed by atoms with Crippen molar-refractivity contribution in [1.82, 2.24) is 10.2 Å². The van der Waals surface area contributed by atoms with Crippen LogP contribution in [0.2, 0.25) is 0 Å². The molecule has 1 amide bonds. The summed E-state index contributed by atoms with van der Waals surface area (Å²) in [7, 11) is -3.51. The van der Waals surface area contributed by atoms with Crippen LogP contribution in [0.1, 0.15) is 25.7 Å². The first-order valence-corrected chi connectivity index (χ1v) is 9.60. The molecule has 1 heterocycles. The first kappa shape index (κ1) is 17.9. The molecule has 5 nitrogen and oxygen atoms in total. The van der Waals surface area contributed by atoms with Gasteiger partial charge in [0.2, 0.25) is 5.91 Å². The Balaban J connectivity index is 1.77. The molecule has 0 bridgehead atoms. The number of sulfone groups is 1. The summed E-state index contributed by atoms with van der Waals surface area (Å²) >= 11 is 0. The van der Waals surface area contributed by atoms with Gasteiger partial charge in [0.1, 0.15) is 5.82 Å². The molecule has 1 aromatic carbocycles. The van der Waals surface area contributed by atoms with E-state index in [4.69, 9.17) is 0 Å². The van der Waals surface area contributed by atoms with E-state index in [-0.39, 0.29) is 23.1 Å². The van der Waals surface area contributed by atoms with Crippen molar-refractivity contribution < 1.29 is 17.6 Å². The molecule has 0 atom stereocenters. The molecule has 0 saturated carbocycles. The van der Waals surface area contributed by atoms with E-state index < -0.39 is 15.7 Å². The van der Waals surface area contributed by atoms with E-state index in [1.54, 1.807) is 0 Å². The summed E-state index contributed by atoms with van der Waals surface area (Å²) in [5.74, 6) is -0.819. The van der Waals surface area contributed by atoms with Gasteiger partial charge in [-0.1, -0.05) is 12.8 Å². The summed E-state index contributed by atoms with van der Waals surface area (Å²) < 4.78 is 37.0. The van der Waals surface area contributed by atoms with Gasteiger partial charge in [0.15, 0.2) is 9.84 Å². The summed E-state index contributed by atoms with van der Waals surface area (Å²) in [5, 5.41) is 2.65. The summed E-state index contributed by atoms with van der Waals surface area (Å²) in [4.78, 5) is 14.1. The highest BCUT2D eigenvalue weighted by molar-refractivity contribution is 7.91. The van der Waals surface area contributed by atoms with Crippen LogP contribution in [-0.2, 0) is 14.6 Å². The number of amides is 1. The first-order valence-electron chi connectivity index (χ1n) is 7.95. The second-order valence-corrected chi connectivity index (χ2v) is 7.92. The zero-order chi connectivity index (χ0) is 16.7. The Morgan fingerprint density at radius 2 is 1.70 bits per heavy atom. The van der Waals surface area contributed by atoms with E-state index in [0.717, 1.165) is 38.1 Å². The number of carbonyl (C=O) groups excluding carboxylic acids is 1. The summed E-state index contributed by atoms with van der Waals surface area (Å²) in [5.41, 5.74) is 0. The third-order valence-corrected chi connectivity index (χ3v) is 5.66. The van der Waals surface area contributed by atoms with Crippen LogP contribution < -0.4 is 5.32 Å². The number of likely N-dealkylation sites (tertiary alicyclic amines) is 1. The van der Waals surface area contributed by atoms with Crippen molar-refractivity contribution in [3.63, 3.8) is 0 Å². The van der Waals surface area contributed by atoms with Crippen LogP contribution in [-0.4, -0.2) is 51.2 Å². The fourth-order valence-corrected chi connectivity index (χ4v) is 3.80. The molecule has 0 radical (unpaired) electrons. The van der Waals surface area contributed by atoms with Crippen LogP contribution in [0.5, 0.6) is 0 Å². The Kier molecular flexibility index (Phi) is 6.53. The van der Waals surface area contributed by atoms with Crippen LogP contribution in [0, 0.1) is 5.82 Å². The Labute approximate surface area is 136 Å². The fourth-order valence-electron chi connectivity index (χ4n) is 2.64. The summed E-state index contributed by atoms with van der Waals surface area (Å²) in [6, 6.07) is 4.71. The first-order chi connectivity index (χ1) is 11.0. The van der Waals surface area contributed by atoms with Crippen molar-refractivity contribution in [2.24, 2.45) is 0 Å². The van der Waals surface area contributed by atoms with Gasteiger partial charge in [-0.3, -0.25) is 9.69 Å². The molecule has 0 spiro atoms. The topological polar surface area (TPSA) is 66.5 Å². The molecular formula is C16H23FN2O3S. The number of nitrogens with zero attached hydrogens (tertiary/aromatic N) is 1. The van der Waals surface area contributed by atoms with Crippen LogP contribution in [0.4, 0.5) is 4.39 Å². The van der Waals surface area contributed by atoms with Gasteiger partial charge in [0.25, 0.3) is 0 Å². The number of rotatable bonds is 6. The SMILES string of the molecule is O=C(CN1CCCCCC1)NCCS(=O)(=O)c1ccc(F)cc1. The van der Waals surface area contributed by atoms with E-state index in [1.807, 2.05) is 0 Å². The molecule has 1 aliphatic heterocycles. The maximum atomic E-state index is 12.8. The highest BCUT2D eigenvalue weighted by Gasteiger charge is 2.16. The lowest BCUT2D eigenvalue weighted by Gasteiger charge is -2.18.